The van der Waals surface area contributed by atoms with Gasteiger partial charge in [0.15, 0.2) is 0 Å². The molecule has 1 amide bonds. The van der Waals surface area contributed by atoms with E-state index in [0.717, 1.165) is 25.0 Å². The van der Waals surface area contributed by atoms with Crippen LogP contribution in [0.15, 0.2) is 30.4 Å². The van der Waals surface area contributed by atoms with Crippen LogP contribution < -0.4 is 5.32 Å². The van der Waals surface area contributed by atoms with E-state index in [0.29, 0.717) is 12.1 Å². The number of hydrogen-bond donors (Lipinski definition) is 2. The number of benzene rings is 1. The largest absolute Gasteiger partial charge is 0.478 e. The van der Waals surface area contributed by atoms with Gasteiger partial charge in [-0.3, -0.25) is 4.79 Å². The Bertz CT molecular complexity index is 539. The summed E-state index contributed by atoms with van der Waals surface area (Å²) in [5.41, 5.74) is -0.139. The Hall–Kier alpha value is -2.17. The van der Waals surface area contributed by atoms with Gasteiger partial charge in [-0.2, -0.15) is 0 Å². The highest BCUT2D eigenvalue weighted by Crippen LogP contribution is 2.21. The summed E-state index contributed by atoms with van der Waals surface area (Å²) in [4.78, 5) is 22.7. The highest BCUT2D eigenvalue weighted by atomic mass is 19.1. The Kier molecular flexibility index (Phi) is 3.94. The van der Waals surface area contributed by atoms with E-state index in [9.17, 15) is 14.0 Å². The van der Waals surface area contributed by atoms with Crippen molar-refractivity contribution < 1.29 is 19.1 Å². The van der Waals surface area contributed by atoms with Crippen molar-refractivity contribution in [2.75, 3.05) is 5.32 Å². The van der Waals surface area contributed by atoms with Crippen molar-refractivity contribution in [3.05, 3.63) is 41.7 Å². The number of halogens is 1. The third-order valence-electron chi connectivity index (χ3n) is 3.10. The van der Waals surface area contributed by atoms with E-state index >= 15 is 0 Å². The summed E-state index contributed by atoms with van der Waals surface area (Å²) in [6.45, 7) is 0. The minimum atomic E-state index is -1.35. The van der Waals surface area contributed by atoms with Crippen LogP contribution in [0.1, 0.15) is 29.6 Å². The maximum Gasteiger partial charge on any atom is 0.338 e. The van der Waals surface area contributed by atoms with Crippen LogP contribution in [-0.2, 0) is 4.79 Å². The number of aromatic carboxylic acids is 1. The van der Waals surface area contributed by atoms with Gasteiger partial charge in [-0.15, -0.1) is 0 Å². The molecule has 0 spiro atoms. The van der Waals surface area contributed by atoms with Crippen LogP contribution in [0.5, 0.6) is 0 Å². The number of carboxylic acid groups (broad SMARTS) is 1. The zero-order chi connectivity index (χ0) is 13.8. The maximum absolute atomic E-state index is 13.2. The summed E-state index contributed by atoms with van der Waals surface area (Å²) in [6.07, 6.45) is 6.31. The van der Waals surface area contributed by atoms with Crippen LogP contribution in [0.4, 0.5) is 10.1 Å². The van der Waals surface area contributed by atoms with E-state index in [1.54, 1.807) is 0 Å². The van der Waals surface area contributed by atoms with Gasteiger partial charge in [-0.25, -0.2) is 9.18 Å². The lowest BCUT2D eigenvalue weighted by molar-refractivity contribution is -0.120. The second-order valence-corrected chi connectivity index (χ2v) is 4.47. The molecule has 1 aliphatic rings. The first-order chi connectivity index (χ1) is 9.08. The molecule has 0 aromatic heterocycles. The monoisotopic (exact) mass is 263 g/mol. The summed E-state index contributed by atoms with van der Waals surface area (Å²) in [5, 5.41) is 11.4. The van der Waals surface area contributed by atoms with E-state index in [4.69, 9.17) is 5.11 Å². The molecule has 1 aliphatic carbocycles. The Labute approximate surface area is 109 Å². The number of carbonyl (C=O) groups is 2. The zero-order valence-corrected chi connectivity index (χ0v) is 10.2. The molecule has 0 saturated heterocycles. The van der Waals surface area contributed by atoms with Crippen LogP contribution in [0, 0.1) is 11.7 Å². The van der Waals surface area contributed by atoms with Gasteiger partial charge in [-0.05, 0) is 37.5 Å². The third-order valence-corrected chi connectivity index (χ3v) is 3.10. The fourth-order valence-electron chi connectivity index (χ4n) is 2.04. The molecule has 1 aromatic rings. The summed E-state index contributed by atoms with van der Waals surface area (Å²) in [7, 11) is 0. The van der Waals surface area contributed by atoms with Crippen LogP contribution in [0.2, 0.25) is 0 Å². The van der Waals surface area contributed by atoms with E-state index in [1.807, 2.05) is 12.2 Å². The summed E-state index contributed by atoms with van der Waals surface area (Å²) >= 11 is 0. The molecule has 2 N–H and O–H groups in total. The molecule has 19 heavy (non-hydrogen) atoms. The quantitative estimate of drug-likeness (QED) is 0.824. The van der Waals surface area contributed by atoms with Crippen molar-refractivity contribution in [3.8, 4) is 0 Å². The number of amides is 1. The first kappa shape index (κ1) is 13.3. The summed E-state index contributed by atoms with van der Waals surface area (Å²) < 4.78 is 13.2. The fourth-order valence-corrected chi connectivity index (χ4v) is 2.04. The van der Waals surface area contributed by atoms with E-state index < -0.39 is 17.3 Å². The molecule has 0 saturated carbocycles. The van der Waals surface area contributed by atoms with Crippen molar-refractivity contribution >= 4 is 17.6 Å². The number of hydrogen-bond acceptors (Lipinski definition) is 2. The normalized spacial score (nSPS) is 18.1. The standard InChI is InChI=1S/C14H14FNO3/c15-12-7-6-10(8-11(12)14(18)19)16-13(17)9-4-2-1-3-5-9/h1-2,6-9H,3-5H2,(H,16,17)(H,18,19). The van der Waals surface area contributed by atoms with E-state index in [-0.39, 0.29) is 11.8 Å². The Morgan fingerprint density at radius 1 is 1.32 bits per heavy atom. The lowest BCUT2D eigenvalue weighted by atomic mass is 9.93. The average molecular weight is 263 g/mol. The molecule has 0 fully saturated rings. The minimum absolute atomic E-state index is 0.108. The molecular formula is C14H14FNO3. The molecule has 0 aliphatic heterocycles. The van der Waals surface area contributed by atoms with Crippen LogP contribution in [-0.4, -0.2) is 17.0 Å². The Morgan fingerprint density at radius 3 is 2.74 bits per heavy atom. The SMILES string of the molecule is O=C(O)c1cc(NC(=O)C2CC=CCC2)ccc1F. The smallest absolute Gasteiger partial charge is 0.338 e. The van der Waals surface area contributed by atoms with E-state index in [2.05, 4.69) is 5.32 Å². The highest BCUT2D eigenvalue weighted by Gasteiger charge is 2.19. The molecule has 2 rings (SSSR count). The van der Waals surface area contributed by atoms with Gasteiger partial charge in [0.05, 0.1) is 5.56 Å². The molecule has 100 valence electrons. The fraction of sp³-hybridized carbons (Fsp3) is 0.286. The van der Waals surface area contributed by atoms with Crippen molar-refractivity contribution in [1.82, 2.24) is 0 Å². The lowest BCUT2D eigenvalue weighted by Crippen LogP contribution is -2.23. The molecule has 0 radical (unpaired) electrons. The summed E-state index contributed by atoms with van der Waals surface area (Å²) in [5.74, 6) is -2.43. The molecule has 1 atom stereocenters. The van der Waals surface area contributed by atoms with Gasteiger partial charge in [0.1, 0.15) is 5.82 Å². The predicted molar refractivity (Wildman–Crippen MR) is 68.5 cm³/mol. The van der Waals surface area contributed by atoms with Gasteiger partial charge < -0.3 is 10.4 Å². The lowest BCUT2D eigenvalue weighted by Gasteiger charge is -2.17. The van der Waals surface area contributed by atoms with Gasteiger partial charge in [0.25, 0.3) is 0 Å². The molecule has 0 heterocycles. The number of rotatable bonds is 3. The predicted octanol–water partition coefficient (Wildman–Crippen LogP) is 2.82. The molecule has 4 nitrogen and oxygen atoms in total. The second kappa shape index (κ2) is 5.65. The highest BCUT2D eigenvalue weighted by molar-refractivity contribution is 5.95. The number of nitrogens with one attached hydrogen (secondary N) is 1. The average Bonchev–Trinajstić information content (AvgIpc) is 2.41. The molecule has 1 aromatic carbocycles. The van der Waals surface area contributed by atoms with E-state index in [1.165, 1.54) is 6.07 Å². The molecule has 0 bridgehead atoms. The van der Waals surface area contributed by atoms with Crippen molar-refractivity contribution in [3.63, 3.8) is 0 Å². The second-order valence-electron chi connectivity index (χ2n) is 4.47. The number of carbonyl (C=O) groups excluding carboxylic acids is 1. The van der Waals surface area contributed by atoms with Crippen LogP contribution in [0.25, 0.3) is 0 Å². The third kappa shape index (κ3) is 3.19. The van der Waals surface area contributed by atoms with Gasteiger partial charge in [0, 0.05) is 11.6 Å². The first-order valence-electron chi connectivity index (χ1n) is 6.06. The van der Waals surface area contributed by atoms with Gasteiger partial charge in [0.2, 0.25) is 5.91 Å². The molecule has 1 unspecified atom stereocenters. The molecule has 5 heteroatoms. The first-order valence-corrected chi connectivity index (χ1v) is 6.06. The van der Waals surface area contributed by atoms with Crippen molar-refractivity contribution in [1.29, 1.82) is 0 Å². The number of allylic oxidation sites excluding steroid dienone is 2. The Morgan fingerprint density at radius 2 is 2.11 bits per heavy atom. The van der Waals surface area contributed by atoms with Crippen LogP contribution in [0.3, 0.4) is 0 Å². The maximum atomic E-state index is 13.2. The zero-order valence-electron chi connectivity index (χ0n) is 10.2. The topological polar surface area (TPSA) is 66.4 Å². The van der Waals surface area contributed by atoms with Gasteiger partial charge in [-0.1, -0.05) is 12.2 Å². The van der Waals surface area contributed by atoms with Crippen molar-refractivity contribution in [2.45, 2.75) is 19.3 Å². The van der Waals surface area contributed by atoms with Crippen molar-refractivity contribution in [2.24, 2.45) is 5.92 Å². The minimum Gasteiger partial charge on any atom is -0.478 e. The Balaban J connectivity index is 2.10. The van der Waals surface area contributed by atoms with Crippen LogP contribution >= 0.6 is 0 Å². The summed E-state index contributed by atoms with van der Waals surface area (Å²) in [6, 6.07) is 3.53. The van der Waals surface area contributed by atoms with Gasteiger partial charge >= 0.3 is 5.97 Å². The molecular weight excluding hydrogens is 249 g/mol. The number of anilines is 1. The number of carboxylic acids is 1.